The third-order valence-electron chi connectivity index (χ3n) is 2.94. The summed E-state index contributed by atoms with van der Waals surface area (Å²) in [6, 6.07) is 7.71. The van der Waals surface area contributed by atoms with Crippen LogP contribution in [0.5, 0.6) is 17.2 Å². The fourth-order valence-corrected chi connectivity index (χ4v) is 2.50. The molecule has 0 amide bonds. The van der Waals surface area contributed by atoms with Gasteiger partial charge in [-0.25, -0.2) is 4.79 Å². The first kappa shape index (κ1) is 18.7. The summed E-state index contributed by atoms with van der Waals surface area (Å²) >= 11 is 18.1. The van der Waals surface area contributed by atoms with Crippen LogP contribution in [0.25, 0.3) is 0 Å². The van der Waals surface area contributed by atoms with Crippen molar-refractivity contribution in [3.8, 4) is 17.2 Å². The maximum absolute atomic E-state index is 12.4. The zero-order valence-electron chi connectivity index (χ0n) is 13.2. The summed E-state index contributed by atoms with van der Waals surface area (Å²) in [4.78, 5) is 12.4. The first-order valence-electron chi connectivity index (χ1n) is 7.03. The Kier molecular flexibility index (Phi) is 6.21. The number of hydrogen-bond donors (Lipinski definition) is 0. The Morgan fingerprint density at radius 2 is 1.75 bits per heavy atom. The molecule has 0 heterocycles. The fourth-order valence-electron chi connectivity index (χ4n) is 1.91. The number of benzene rings is 2. The molecule has 0 aliphatic rings. The summed E-state index contributed by atoms with van der Waals surface area (Å²) in [6.45, 7) is 3.72. The van der Waals surface area contributed by atoms with Crippen LogP contribution in [-0.4, -0.2) is 19.2 Å². The number of esters is 1. The highest BCUT2D eigenvalue weighted by molar-refractivity contribution is 6.43. The largest absolute Gasteiger partial charge is 0.493 e. The van der Waals surface area contributed by atoms with Gasteiger partial charge in [0, 0.05) is 0 Å². The van der Waals surface area contributed by atoms with E-state index in [0.717, 1.165) is 0 Å². The lowest BCUT2D eigenvalue weighted by Crippen LogP contribution is -2.11. The monoisotopic (exact) mass is 388 g/mol. The lowest BCUT2D eigenvalue weighted by molar-refractivity contribution is 0.0734. The zero-order chi connectivity index (χ0) is 17.9. The van der Waals surface area contributed by atoms with E-state index >= 15 is 0 Å². The van der Waals surface area contributed by atoms with E-state index in [2.05, 4.69) is 0 Å². The van der Waals surface area contributed by atoms with Gasteiger partial charge in [-0.05, 0) is 38.1 Å². The van der Waals surface area contributed by atoms with Gasteiger partial charge in [-0.2, -0.15) is 0 Å². The third-order valence-corrected chi connectivity index (χ3v) is 4.02. The predicted octanol–water partition coefficient (Wildman–Crippen LogP) is 5.66. The Hall–Kier alpha value is -1.62. The van der Waals surface area contributed by atoms with Crippen molar-refractivity contribution in [2.24, 2.45) is 0 Å². The Balaban J connectivity index is 2.33. The maximum atomic E-state index is 12.4. The normalized spacial score (nSPS) is 10.6. The smallest absolute Gasteiger partial charge is 0.343 e. The van der Waals surface area contributed by atoms with Crippen molar-refractivity contribution in [1.82, 2.24) is 0 Å². The molecule has 0 atom stereocenters. The van der Waals surface area contributed by atoms with E-state index in [1.54, 1.807) is 18.2 Å². The Bertz CT molecular complexity index is 760. The van der Waals surface area contributed by atoms with Gasteiger partial charge in [0.2, 0.25) is 0 Å². The third kappa shape index (κ3) is 4.26. The quantitative estimate of drug-likeness (QED) is 0.489. The molecule has 0 fully saturated rings. The van der Waals surface area contributed by atoms with Crippen LogP contribution in [0.15, 0.2) is 30.3 Å². The average Bonchev–Trinajstić information content (AvgIpc) is 2.53. The number of ether oxygens (including phenoxy) is 3. The van der Waals surface area contributed by atoms with Gasteiger partial charge in [0.1, 0.15) is 5.02 Å². The Morgan fingerprint density at radius 3 is 2.38 bits per heavy atom. The lowest BCUT2D eigenvalue weighted by Gasteiger charge is -2.16. The van der Waals surface area contributed by atoms with E-state index in [1.807, 2.05) is 13.8 Å². The minimum absolute atomic E-state index is 0.0977. The highest BCUT2D eigenvalue weighted by Crippen LogP contribution is 2.38. The van der Waals surface area contributed by atoms with Crippen molar-refractivity contribution in [1.29, 1.82) is 0 Å². The molecule has 0 saturated carbocycles. The van der Waals surface area contributed by atoms with Crippen LogP contribution in [-0.2, 0) is 0 Å². The van der Waals surface area contributed by atoms with E-state index in [0.29, 0.717) is 16.5 Å². The second-order valence-corrected chi connectivity index (χ2v) is 6.29. The molecule has 0 aliphatic heterocycles. The molecule has 0 aromatic heterocycles. The van der Waals surface area contributed by atoms with Gasteiger partial charge >= 0.3 is 5.97 Å². The molecule has 0 aliphatic carbocycles. The second kappa shape index (κ2) is 7.97. The van der Waals surface area contributed by atoms with Gasteiger partial charge < -0.3 is 14.2 Å². The molecule has 0 radical (unpaired) electrons. The molecule has 2 rings (SSSR count). The number of methoxy groups -OCH3 is 1. The summed E-state index contributed by atoms with van der Waals surface area (Å²) in [5.74, 6) is 0.217. The van der Waals surface area contributed by atoms with Crippen LogP contribution in [0.4, 0.5) is 0 Å². The first-order chi connectivity index (χ1) is 11.3. The second-order valence-electron chi connectivity index (χ2n) is 5.10. The summed E-state index contributed by atoms with van der Waals surface area (Å²) < 4.78 is 16.1. The lowest BCUT2D eigenvalue weighted by atomic mass is 10.2. The molecule has 0 N–H and O–H groups in total. The molecule has 2 aromatic rings. The summed E-state index contributed by atoms with van der Waals surface area (Å²) in [6.07, 6.45) is -0.0977. The van der Waals surface area contributed by atoms with E-state index in [1.165, 1.54) is 19.2 Å². The molecule has 4 nitrogen and oxygen atoms in total. The highest BCUT2D eigenvalue weighted by atomic mass is 35.5. The van der Waals surface area contributed by atoms with Crippen molar-refractivity contribution in [2.75, 3.05) is 7.11 Å². The van der Waals surface area contributed by atoms with Crippen LogP contribution >= 0.6 is 34.8 Å². The number of carbonyl (C=O) groups excluding carboxylic acids is 1. The van der Waals surface area contributed by atoms with Gasteiger partial charge in [0.15, 0.2) is 17.2 Å². The predicted molar refractivity (Wildman–Crippen MR) is 95.2 cm³/mol. The summed E-state index contributed by atoms with van der Waals surface area (Å²) in [7, 11) is 1.46. The Labute approximate surface area is 155 Å². The minimum atomic E-state index is -0.643. The molecule has 0 saturated heterocycles. The topological polar surface area (TPSA) is 44.8 Å². The molecule has 24 heavy (non-hydrogen) atoms. The number of carbonyl (C=O) groups is 1. The number of rotatable bonds is 5. The maximum Gasteiger partial charge on any atom is 0.343 e. The molecule has 0 spiro atoms. The van der Waals surface area contributed by atoms with E-state index in [9.17, 15) is 4.79 Å². The number of hydrogen-bond acceptors (Lipinski definition) is 4. The van der Waals surface area contributed by atoms with E-state index in [4.69, 9.17) is 49.0 Å². The average molecular weight is 390 g/mol. The standard InChI is InChI=1S/C17H15Cl3O4/c1-9(2)23-16-12(19)7-10(8-14(16)22-3)17(21)24-13-6-4-5-11(18)15(13)20/h4-9H,1-3H3. The van der Waals surface area contributed by atoms with E-state index in [-0.39, 0.29) is 27.5 Å². The minimum Gasteiger partial charge on any atom is -0.493 e. The molecular formula is C17H15Cl3O4. The van der Waals surface area contributed by atoms with Gasteiger partial charge in [0.05, 0.1) is 28.8 Å². The van der Waals surface area contributed by atoms with Gasteiger partial charge in [0.25, 0.3) is 0 Å². The molecule has 0 unspecified atom stereocenters. The van der Waals surface area contributed by atoms with Crippen LogP contribution in [0, 0.1) is 0 Å². The summed E-state index contributed by atoms with van der Waals surface area (Å²) in [5, 5.41) is 0.691. The summed E-state index contributed by atoms with van der Waals surface area (Å²) in [5.41, 5.74) is 0.198. The van der Waals surface area contributed by atoms with Gasteiger partial charge in [-0.3, -0.25) is 0 Å². The van der Waals surface area contributed by atoms with Crippen molar-refractivity contribution in [3.05, 3.63) is 51.0 Å². The molecule has 128 valence electrons. The zero-order valence-corrected chi connectivity index (χ0v) is 15.5. The SMILES string of the molecule is COc1cc(C(=O)Oc2cccc(Cl)c2Cl)cc(Cl)c1OC(C)C. The van der Waals surface area contributed by atoms with Crippen molar-refractivity contribution < 1.29 is 19.0 Å². The van der Waals surface area contributed by atoms with Gasteiger partial charge in [-0.1, -0.05) is 40.9 Å². The van der Waals surface area contributed by atoms with Gasteiger partial charge in [-0.15, -0.1) is 0 Å². The molecule has 2 aromatic carbocycles. The van der Waals surface area contributed by atoms with Crippen LogP contribution in [0.3, 0.4) is 0 Å². The highest BCUT2D eigenvalue weighted by Gasteiger charge is 2.19. The van der Waals surface area contributed by atoms with Crippen molar-refractivity contribution in [3.63, 3.8) is 0 Å². The molecule has 0 bridgehead atoms. The van der Waals surface area contributed by atoms with Crippen LogP contribution in [0.2, 0.25) is 15.1 Å². The molecule has 7 heteroatoms. The van der Waals surface area contributed by atoms with E-state index < -0.39 is 5.97 Å². The van der Waals surface area contributed by atoms with Crippen LogP contribution in [0.1, 0.15) is 24.2 Å². The first-order valence-corrected chi connectivity index (χ1v) is 8.17. The van der Waals surface area contributed by atoms with Crippen molar-refractivity contribution in [2.45, 2.75) is 20.0 Å². The van der Waals surface area contributed by atoms with Crippen molar-refractivity contribution >= 4 is 40.8 Å². The molecular weight excluding hydrogens is 375 g/mol. The van der Waals surface area contributed by atoms with Crippen LogP contribution < -0.4 is 14.2 Å². The number of halogens is 3. The Morgan fingerprint density at radius 1 is 1.04 bits per heavy atom. The fraction of sp³-hybridized carbons (Fsp3) is 0.235.